The maximum Gasteiger partial charge on any atom is 0.288 e. The lowest BCUT2D eigenvalue weighted by Gasteiger charge is -2.20. The molecule has 0 saturated heterocycles. The molecule has 1 heterocycles. The Kier molecular flexibility index (Phi) is 5.39. The number of pyridine rings is 1. The van der Waals surface area contributed by atoms with Gasteiger partial charge in [-0.05, 0) is 13.8 Å². The van der Waals surface area contributed by atoms with Crippen molar-refractivity contribution in [3.63, 3.8) is 0 Å². The van der Waals surface area contributed by atoms with Gasteiger partial charge in [0.2, 0.25) is 0 Å². The molecule has 8 heteroatoms. The van der Waals surface area contributed by atoms with Crippen LogP contribution >= 0.6 is 0 Å². The lowest BCUT2D eigenvalue weighted by molar-refractivity contribution is -0.385. The Morgan fingerprint density at radius 1 is 1.65 bits per heavy atom. The van der Waals surface area contributed by atoms with E-state index in [4.69, 9.17) is 0 Å². The highest BCUT2D eigenvalue weighted by Crippen LogP contribution is 2.20. The minimum absolute atomic E-state index is 0.115. The number of amides is 1. The van der Waals surface area contributed by atoms with Crippen molar-refractivity contribution < 1.29 is 14.8 Å². The van der Waals surface area contributed by atoms with Gasteiger partial charge in [0.25, 0.3) is 11.6 Å². The van der Waals surface area contributed by atoms with Crippen LogP contribution in [0, 0.1) is 10.1 Å². The molecule has 110 valence electrons. The van der Waals surface area contributed by atoms with E-state index < -0.39 is 16.9 Å². The van der Waals surface area contributed by atoms with Crippen molar-refractivity contribution >= 4 is 17.4 Å². The van der Waals surface area contributed by atoms with Gasteiger partial charge in [-0.1, -0.05) is 0 Å². The lowest BCUT2D eigenvalue weighted by Crippen LogP contribution is -2.33. The minimum Gasteiger partial charge on any atom is -0.392 e. The van der Waals surface area contributed by atoms with Crippen LogP contribution in [0.25, 0.3) is 0 Å². The van der Waals surface area contributed by atoms with Gasteiger partial charge >= 0.3 is 0 Å². The van der Waals surface area contributed by atoms with E-state index in [0.29, 0.717) is 12.4 Å². The third-order valence-electron chi connectivity index (χ3n) is 2.54. The Morgan fingerprint density at radius 2 is 2.30 bits per heavy atom. The zero-order chi connectivity index (χ0) is 15.3. The van der Waals surface area contributed by atoms with Gasteiger partial charge < -0.3 is 15.3 Å². The molecule has 1 atom stereocenters. The maximum atomic E-state index is 12.3. The van der Waals surface area contributed by atoms with Gasteiger partial charge in [0.1, 0.15) is 12.0 Å². The van der Waals surface area contributed by atoms with Crippen molar-refractivity contribution in [3.8, 4) is 0 Å². The van der Waals surface area contributed by atoms with Crippen LogP contribution < -0.4 is 5.32 Å². The number of anilines is 1. The summed E-state index contributed by atoms with van der Waals surface area (Å²) in [5.41, 5.74) is -0.135. The summed E-state index contributed by atoms with van der Waals surface area (Å²) in [7, 11) is 1.52. The average Bonchev–Trinajstić information content (AvgIpc) is 2.37. The van der Waals surface area contributed by atoms with Gasteiger partial charge in [-0.3, -0.25) is 14.9 Å². The number of carbonyl (C=O) groups is 1. The van der Waals surface area contributed by atoms with Gasteiger partial charge in [0, 0.05) is 26.2 Å². The number of nitrogens with one attached hydrogen (secondary N) is 1. The van der Waals surface area contributed by atoms with Crippen LogP contribution in [0.3, 0.4) is 0 Å². The predicted molar refractivity (Wildman–Crippen MR) is 73.7 cm³/mol. The molecule has 0 aromatic carbocycles. The molecule has 1 amide bonds. The largest absolute Gasteiger partial charge is 0.392 e. The Hall–Kier alpha value is -2.22. The van der Waals surface area contributed by atoms with Crippen LogP contribution in [0.1, 0.15) is 24.2 Å². The number of likely N-dealkylation sites (N-methyl/N-ethyl adjacent to an activating group) is 1. The molecule has 0 bridgehead atoms. The van der Waals surface area contributed by atoms with Crippen LogP contribution in [-0.2, 0) is 0 Å². The first kappa shape index (κ1) is 15.8. The third-order valence-corrected chi connectivity index (χ3v) is 2.54. The summed E-state index contributed by atoms with van der Waals surface area (Å²) in [6.07, 6.45) is 0.418. The van der Waals surface area contributed by atoms with Crippen LogP contribution in [0.5, 0.6) is 0 Å². The molecule has 0 aliphatic rings. The number of aliphatic hydroxyl groups is 1. The summed E-state index contributed by atoms with van der Waals surface area (Å²) in [4.78, 5) is 27.6. The highest BCUT2D eigenvalue weighted by atomic mass is 16.6. The summed E-state index contributed by atoms with van der Waals surface area (Å²) < 4.78 is 0. The lowest BCUT2D eigenvalue weighted by atomic mass is 10.2. The van der Waals surface area contributed by atoms with Crippen molar-refractivity contribution in [2.24, 2.45) is 0 Å². The Bertz CT molecular complexity index is 504. The second kappa shape index (κ2) is 6.80. The van der Waals surface area contributed by atoms with Crippen LogP contribution in [0.2, 0.25) is 0 Å². The van der Waals surface area contributed by atoms with E-state index >= 15 is 0 Å². The molecular weight excluding hydrogens is 264 g/mol. The quantitative estimate of drug-likeness (QED) is 0.592. The van der Waals surface area contributed by atoms with Crippen LogP contribution in [0.4, 0.5) is 11.5 Å². The van der Waals surface area contributed by atoms with E-state index in [1.807, 2.05) is 6.92 Å². The van der Waals surface area contributed by atoms with E-state index in [0.717, 1.165) is 6.20 Å². The molecule has 0 fully saturated rings. The van der Waals surface area contributed by atoms with Crippen molar-refractivity contribution in [1.29, 1.82) is 0 Å². The monoisotopic (exact) mass is 282 g/mol. The Balaban J connectivity index is 3.14. The number of nitrogens with zero attached hydrogens (tertiary/aromatic N) is 3. The molecule has 1 unspecified atom stereocenters. The van der Waals surface area contributed by atoms with Gasteiger partial charge in [-0.2, -0.15) is 0 Å². The van der Waals surface area contributed by atoms with E-state index in [9.17, 15) is 20.0 Å². The molecule has 1 aromatic heterocycles. The zero-order valence-electron chi connectivity index (χ0n) is 11.7. The first-order valence-electron chi connectivity index (χ1n) is 6.18. The van der Waals surface area contributed by atoms with Crippen molar-refractivity contribution in [2.75, 3.05) is 25.5 Å². The fraction of sp³-hybridized carbons (Fsp3) is 0.500. The highest BCUT2D eigenvalue weighted by Gasteiger charge is 2.21. The molecule has 1 rings (SSSR count). The van der Waals surface area contributed by atoms with E-state index in [1.165, 1.54) is 18.0 Å². The maximum absolute atomic E-state index is 12.3. The van der Waals surface area contributed by atoms with Gasteiger partial charge in [0.05, 0.1) is 16.6 Å². The zero-order valence-corrected chi connectivity index (χ0v) is 11.7. The number of nitro groups is 1. The average molecular weight is 282 g/mol. The summed E-state index contributed by atoms with van der Waals surface area (Å²) in [5.74, 6) is -0.140. The normalized spacial score (nSPS) is 11.8. The fourth-order valence-electron chi connectivity index (χ4n) is 1.71. The molecule has 8 nitrogen and oxygen atoms in total. The molecule has 1 aromatic rings. The summed E-state index contributed by atoms with van der Waals surface area (Å²) in [5, 5.41) is 23.0. The molecule has 0 aliphatic heterocycles. The molecule has 0 radical (unpaired) electrons. The second-order valence-corrected chi connectivity index (χ2v) is 4.41. The SMILES string of the molecule is CCNc1ncc([N+](=O)[O-])cc1C(=O)N(C)CC(C)O. The van der Waals surface area contributed by atoms with Crippen molar-refractivity contribution in [1.82, 2.24) is 9.88 Å². The Labute approximate surface area is 116 Å². The molecule has 20 heavy (non-hydrogen) atoms. The highest BCUT2D eigenvalue weighted by molar-refractivity contribution is 5.99. The standard InChI is InChI=1S/C12H18N4O4/c1-4-13-11-10(5-9(6-14-11)16(19)20)12(18)15(3)7-8(2)17/h5-6,8,17H,4,7H2,1-3H3,(H,13,14). The number of hydrogen-bond acceptors (Lipinski definition) is 6. The second-order valence-electron chi connectivity index (χ2n) is 4.41. The van der Waals surface area contributed by atoms with Gasteiger partial charge in [-0.25, -0.2) is 4.98 Å². The van der Waals surface area contributed by atoms with E-state index in [-0.39, 0.29) is 17.8 Å². The Morgan fingerprint density at radius 3 is 2.80 bits per heavy atom. The number of aliphatic hydroxyl groups excluding tert-OH is 1. The smallest absolute Gasteiger partial charge is 0.288 e. The van der Waals surface area contributed by atoms with Crippen molar-refractivity contribution in [3.05, 3.63) is 27.9 Å². The summed E-state index contributed by atoms with van der Waals surface area (Å²) in [6.45, 7) is 4.05. The number of carbonyl (C=O) groups excluding carboxylic acids is 1. The summed E-state index contributed by atoms with van der Waals surface area (Å²) in [6, 6.07) is 1.19. The predicted octanol–water partition coefficient (Wildman–Crippen LogP) is 0.874. The third kappa shape index (κ3) is 3.89. The molecular formula is C12H18N4O4. The number of rotatable bonds is 6. The molecule has 0 spiro atoms. The minimum atomic E-state index is -0.682. The number of aromatic nitrogens is 1. The molecule has 0 saturated carbocycles. The summed E-state index contributed by atoms with van der Waals surface area (Å²) >= 11 is 0. The topological polar surface area (TPSA) is 109 Å². The van der Waals surface area contributed by atoms with Crippen LogP contribution in [0.15, 0.2) is 12.3 Å². The number of hydrogen-bond donors (Lipinski definition) is 2. The van der Waals surface area contributed by atoms with Gasteiger partial charge in [0.15, 0.2) is 0 Å². The molecule has 0 aliphatic carbocycles. The molecule has 2 N–H and O–H groups in total. The van der Waals surface area contributed by atoms with Crippen molar-refractivity contribution in [2.45, 2.75) is 20.0 Å². The van der Waals surface area contributed by atoms with Crippen LogP contribution in [-0.4, -0.2) is 52.1 Å². The first-order valence-corrected chi connectivity index (χ1v) is 6.18. The fourth-order valence-corrected chi connectivity index (χ4v) is 1.71. The van der Waals surface area contributed by atoms with E-state index in [2.05, 4.69) is 10.3 Å². The first-order chi connectivity index (χ1) is 9.36. The van der Waals surface area contributed by atoms with Gasteiger partial charge in [-0.15, -0.1) is 0 Å². The van der Waals surface area contributed by atoms with E-state index in [1.54, 1.807) is 6.92 Å².